The van der Waals surface area contributed by atoms with Gasteiger partial charge in [-0.1, -0.05) is 12.1 Å². The molecule has 0 spiro atoms. The molecule has 0 bridgehead atoms. The third-order valence-electron chi connectivity index (χ3n) is 4.19. The summed E-state index contributed by atoms with van der Waals surface area (Å²) in [6.45, 7) is 7.84. The maximum absolute atomic E-state index is 5.40. The summed E-state index contributed by atoms with van der Waals surface area (Å²) >= 11 is 0. The summed E-state index contributed by atoms with van der Waals surface area (Å²) in [5.74, 6) is 2.89. The van der Waals surface area contributed by atoms with Crippen molar-refractivity contribution >= 4 is 0 Å². The number of rotatable bonds is 4. The molecule has 1 aromatic heterocycles. The van der Waals surface area contributed by atoms with Crippen molar-refractivity contribution in [3.05, 3.63) is 11.7 Å². The molecule has 3 rings (SSSR count). The Labute approximate surface area is 108 Å². The van der Waals surface area contributed by atoms with Crippen molar-refractivity contribution in [3.63, 3.8) is 0 Å². The molecular formula is C13H22N4O. The maximum Gasteiger partial charge on any atom is 0.226 e. The fourth-order valence-electron chi connectivity index (χ4n) is 3.01. The zero-order valence-electron chi connectivity index (χ0n) is 11.1. The fraction of sp³-hybridized carbons (Fsp3) is 0.846. The SMILES string of the molecule is CCN1CCC(Cc2nc(C3CCNC3)no2)C1. The molecule has 0 radical (unpaired) electrons. The van der Waals surface area contributed by atoms with E-state index in [0.29, 0.717) is 11.8 Å². The van der Waals surface area contributed by atoms with Gasteiger partial charge in [0, 0.05) is 25.4 Å². The molecule has 1 aromatic rings. The van der Waals surface area contributed by atoms with Gasteiger partial charge < -0.3 is 14.7 Å². The molecule has 1 N–H and O–H groups in total. The summed E-state index contributed by atoms with van der Waals surface area (Å²) in [4.78, 5) is 7.06. The zero-order valence-corrected chi connectivity index (χ0v) is 11.1. The molecule has 100 valence electrons. The summed E-state index contributed by atoms with van der Waals surface area (Å²) in [6.07, 6.45) is 3.34. The summed E-state index contributed by atoms with van der Waals surface area (Å²) in [5, 5.41) is 7.48. The Bertz CT molecular complexity index is 386. The van der Waals surface area contributed by atoms with Crippen LogP contribution in [0.4, 0.5) is 0 Å². The molecule has 5 nitrogen and oxygen atoms in total. The van der Waals surface area contributed by atoms with Gasteiger partial charge in [-0.25, -0.2) is 0 Å². The van der Waals surface area contributed by atoms with Crippen molar-refractivity contribution in [1.82, 2.24) is 20.4 Å². The van der Waals surface area contributed by atoms with E-state index in [0.717, 1.165) is 44.2 Å². The number of hydrogen-bond donors (Lipinski definition) is 1. The predicted molar refractivity (Wildman–Crippen MR) is 68.5 cm³/mol. The van der Waals surface area contributed by atoms with E-state index in [4.69, 9.17) is 4.52 Å². The third-order valence-corrected chi connectivity index (χ3v) is 4.19. The Balaban J connectivity index is 1.57. The van der Waals surface area contributed by atoms with Crippen molar-refractivity contribution < 1.29 is 4.52 Å². The lowest BCUT2D eigenvalue weighted by atomic mass is 10.1. The van der Waals surface area contributed by atoms with Crippen LogP contribution in [0.5, 0.6) is 0 Å². The summed E-state index contributed by atoms with van der Waals surface area (Å²) in [5.41, 5.74) is 0. The van der Waals surface area contributed by atoms with Crippen LogP contribution in [0, 0.1) is 5.92 Å². The molecule has 18 heavy (non-hydrogen) atoms. The smallest absolute Gasteiger partial charge is 0.226 e. The second-order valence-electron chi connectivity index (χ2n) is 5.49. The molecule has 0 saturated carbocycles. The lowest BCUT2D eigenvalue weighted by Gasteiger charge is -2.11. The number of hydrogen-bond acceptors (Lipinski definition) is 5. The highest BCUT2D eigenvalue weighted by Gasteiger charge is 2.25. The molecule has 0 aromatic carbocycles. The van der Waals surface area contributed by atoms with E-state index < -0.39 is 0 Å². The van der Waals surface area contributed by atoms with Gasteiger partial charge in [0.2, 0.25) is 5.89 Å². The van der Waals surface area contributed by atoms with Gasteiger partial charge in [-0.05, 0) is 38.4 Å². The first-order valence-electron chi connectivity index (χ1n) is 7.10. The van der Waals surface area contributed by atoms with Gasteiger partial charge in [0.25, 0.3) is 0 Å². The highest BCUT2D eigenvalue weighted by Crippen LogP contribution is 2.22. The minimum atomic E-state index is 0.457. The summed E-state index contributed by atoms with van der Waals surface area (Å²) in [7, 11) is 0. The van der Waals surface area contributed by atoms with E-state index in [-0.39, 0.29) is 0 Å². The van der Waals surface area contributed by atoms with Crippen LogP contribution in [0.15, 0.2) is 4.52 Å². The zero-order chi connectivity index (χ0) is 12.4. The predicted octanol–water partition coefficient (Wildman–Crippen LogP) is 1.03. The quantitative estimate of drug-likeness (QED) is 0.865. The van der Waals surface area contributed by atoms with Gasteiger partial charge in [0.05, 0.1) is 0 Å². The molecule has 2 atom stereocenters. The van der Waals surface area contributed by atoms with E-state index in [2.05, 4.69) is 27.3 Å². The van der Waals surface area contributed by atoms with Crippen molar-refractivity contribution in [3.8, 4) is 0 Å². The van der Waals surface area contributed by atoms with E-state index in [1.807, 2.05) is 0 Å². The molecule has 2 aliphatic heterocycles. The first-order valence-corrected chi connectivity index (χ1v) is 7.10. The van der Waals surface area contributed by atoms with Crippen LogP contribution in [0.2, 0.25) is 0 Å². The van der Waals surface area contributed by atoms with Crippen LogP contribution in [-0.4, -0.2) is 47.8 Å². The Hall–Kier alpha value is -0.940. The lowest BCUT2D eigenvalue weighted by molar-refractivity contribution is 0.321. The van der Waals surface area contributed by atoms with Crippen LogP contribution in [0.3, 0.4) is 0 Å². The van der Waals surface area contributed by atoms with Crippen LogP contribution in [0.25, 0.3) is 0 Å². The minimum Gasteiger partial charge on any atom is -0.339 e. The van der Waals surface area contributed by atoms with Crippen LogP contribution in [-0.2, 0) is 6.42 Å². The van der Waals surface area contributed by atoms with Crippen LogP contribution in [0.1, 0.15) is 37.4 Å². The minimum absolute atomic E-state index is 0.457. The van der Waals surface area contributed by atoms with Gasteiger partial charge in [-0.15, -0.1) is 0 Å². The average molecular weight is 250 g/mol. The third kappa shape index (κ3) is 2.57. The van der Waals surface area contributed by atoms with Gasteiger partial charge in [0.1, 0.15) is 0 Å². The maximum atomic E-state index is 5.40. The number of likely N-dealkylation sites (tertiary alicyclic amines) is 1. The first-order chi connectivity index (χ1) is 8.85. The molecule has 2 unspecified atom stereocenters. The van der Waals surface area contributed by atoms with Crippen LogP contribution < -0.4 is 5.32 Å². The number of nitrogens with one attached hydrogen (secondary N) is 1. The highest BCUT2D eigenvalue weighted by atomic mass is 16.5. The summed E-state index contributed by atoms with van der Waals surface area (Å²) in [6, 6.07) is 0. The molecule has 2 saturated heterocycles. The average Bonchev–Trinajstić information content (AvgIpc) is 3.10. The normalized spacial score (nSPS) is 29.2. The first kappa shape index (κ1) is 12.1. The molecule has 0 aliphatic carbocycles. The largest absolute Gasteiger partial charge is 0.339 e. The number of nitrogens with zero attached hydrogens (tertiary/aromatic N) is 3. The molecule has 5 heteroatoms. The van der Waals surface area contributed by atoms with Crippen molar-refractivity contribution in [1.29, 1.82) is 0 Å². The Morgan fingerprint density at radius 3 is 3.11 bits per heavy atom. The monoisotopic (exact) mass is 250 g/mol. The van der Waals surface area contributed by atoms with Crippen molar-refractivity contribution in [2.24, 2.45) is 5.92 Å². The van der Waals surface area contributed by atoms with E-state index in [1.165, 1.54) is 19.5 Å². The second-order valence-corrected chi connectivity index (χ2v) is 5.49. The molecular weight excluding hydrogens is 228 g/mol. The van der Waals surface area contributed by atoms with E-state index >= 15 is 0 Å². The Morgan fingerprint density at radius 2 is 2.39 bits per heavy atom. The van der Waals surface area contributed by atoms with E-state index in [9.17, 15) is 0 Å². The van der Waals surface area contributed by atoms with E-state index in [1.54, 1.807) is 0 Å². The van der Waals surface area contributed by atoms with Gasteiger partial charge in [0.15, 0.2) is 5.82 Å². The Morgan fingerprint density at radius 1 is 1.44 bits per heavy atom. The molecule has 2 fully saturated rings. The Kier molecular flexibility index (Phi) is 3.61. The summed E-state index contributed by atoms with van der Waals surface area (Å²) < 4.78 is 5.40. The molecule has 3 heterocycles. The van der Waals surface area contributed by atoms with Gasteiger partial charge >= 0.3 is 0 Å². The van der Waals surface area contributed by atoms with Gasteiger partial charge in [-0.3, -0.25) is 0 Å². The lowest BCUT2D eigenvalue weighted by Crippen LogP contribution is -2.20. The molecule has 0 amide bonds. The fourth-order valence-corrected chi connectivity index (χ4v) is 3.01. The molecule has 2 aliphatic rings. The van der Waals surface area contributed by atoms with Crippen molar-refractivity contribution in [2.45, 2.75) is 32.1 Å². The second kappa shape index (κ2) is 5.36. The highest BCUT2D eigenvalue weighted by molar-refractivity contribution is 5.00. The topological polar surface area (TPSA) is 54.2 Å². The van der Waals surface area contributed by atoms with Crippen molar-refractivity contribution in [2.75, 3.05) is 32.7 Å². The van der Waals surface area contributed by atoms with Crippen LogP contribution >= 0.6 is 0 Å². The number of aromatic nitrogens is 2. The van der Waals surface area contributed by atoms with Gasteiger partial charge in [-0.2, -0.15) is 4.98 Å². The standard InChI is InChI=1S/C13H22N4O/c1-2-17-6-4-10(9-17)7-12-15-13(16-18-12)11-3-5-14-8-11/h10-11,14H,2-9H2,1H3.